The molecule has 0 amide bonds. The van der Waals surface area contributed by atoms with Crippen LogP contribution in [0.4, 0.5) is 17.2 Å². The summed E-state index contributed by atoms with van der Waals surface area (Å²) in [6, 6.07) is 14.7. The molecule has 1 aromatic heterocycles. The smallest absolute Gasteiger partial charge is 0.330 e. The van der Waals surface area contributed by atoms with Gasteiger partial charge in [-0.1, -0.05) is 24.3 Å². The van der Waals surface area contributed by atoms with Gasteiger partial charge in [0.25, 0.3) is 0 Å². The standard InChI is InChI=1S/C22H22N4O4S/c1-15-7-9-18(12-19(15)26-31(3,28)29)25-21-13-20(23-14-24-21)17-6-4-5-16(11-17)8-10-22(27)30-2/h4-14,26H,1-3H3,(H,23,24,25)/b10-8+. The Morgan fingerprint density at radius 3 is 2.65 bits per heavy atom. The lowest BCUT2D eigenvalue weighted by molar-refractivity contribution is -0.134. The number of aryl methyl sites for hydroxylation is 1. The molecular weight excluding hydrogens is 416 g/mol. The molecule has 0 aliphatic heterocycles. The number of ether oxygens (including phenoxy) is 1. The Labute approximate surface area is 181 Å². The SMILES string of the molecule is COC(=O)/C=C/c1cccc(-c2cc(Nc3ccc(C)c(NS(C)(=O)=O)c3)ncn2)c1. The minimum absolute atomic E-state index is 0.429. The molecule has 0 saturated heterocycles. The molecule has 2 aromatic carbocycles. The predicted molar refractivity (Wildman–Crippen MR) is 121 cm³/mol. The second-order valence-electron chi connectivity index (χ2n) is 6.80. The molecule has 0 saturated carbocycles. The second kappa shape index (κ2) is 9.40. The largest absolute Gasteiger partial charge is 0.466 e. The first-order valence-electron chi connectivity index (χ1n) is 9.27. The van der Waals surface area contributed by atoms with Gasteiger partial charge in [-0.15, -0.1) is 0 Å². The molecule has 0 aliphatic carbocycles. The van der Waals surface area contributed by atoms with E-state index in [4.69, 9.17) is 0 Å². The Morgan fingerprint density at radius 1 is 1.10 bits per heavy atom. The maximum Gasteiger partial charge on any atom is 0.330 e. The van der Waals surface area contributed by atoms with Crippen molar-refractivity contribution in [2.24, 2.45) is 0 Å². The predicted octanol–water partition coefficient (Wildman–Crippen LogP) is 3.75. The first kappa shape index (κ1) is 22.0. The minimum Gasteiger partial charge on any atom is -0.466 e. The molecule has 0 unspecified atom stereocenters. The monoisotopic (exact) mass is 438 g/mol. The highest BCUT2D eigenvalue weighted by atomic mass is 32.2. The molecule has 8 nitrogen and oxygen atoms in total. The Balaban J connectivity index is 1.84. The summed E-state index contributed by atoms with van der Waals surface area (Å²) in [4.78, 5) is 19.9. The van der Waals surface area contributed by atoms with Crippen LogP contribution in [0, 0.1) is 6.92 Å². The highest BCUT2D eigenvalue weighted by molar-refractivity contribution is 7.92. The minimum atomic E-state index is -3.39. The number of nitrogens with zero attached hydrogens (tertiary/aromatic N) is 2. The van der Waals surface area contributed by atoms with Crippen molar-refractivity contribution >= 4 is 39.3 Å². The van der Waals surface area contributed by atoms with E-state index in [2.05, 4.69) is 24.7 Å². The fourth-order valence-corrected chi connectivity index (χ4v) is 3.39. The van der Waals surface area contributed by atoms with Gasteiger partial charge < -0.3 is 10.1 Å². The van der Waals surface area contributed by atoms with Gasteiger partial charge in [0.1, 0.15) is 12.1 Å². The molecule has 9 heteroatoms. The Morgan fingerprint density at radius 2 is 1.90 bits per heavy atom. The average molecular weight is 439 g/mol. The van der Waals surface area contributed by atoms with Gasteiger partial charge in [0.05, 0.1) is 24.7 Å². The number of nitrogens with one attached hydrogen (secondary N) is 2. The van der Waals surface area contributed by atoms with Crippen LogP contribution in [-0.4, -0.2) is 37.7 Å². The van der Waals surface area contributed by atoms with E-state index in [9.17, 15) is 13.2 Å². The summed E-state index contributed by atoms with van der Waals surface area (Å²) in [6.45, 7) is 1.82. The zero-order valence-electron chi connectivity index (χ0n) is 17.3. The molecule has 0 radical (unpaired) electrons. The van der Waals surface area contributed by atoms with Gasteiger partial charge in [-0.2, -0.15) is 0 Å². The lowest BCUT2D eigenvalue weighted by atomic mass is 10.1. The van der Waals surface area contributed by atoms with Crippen molar-refractivity contribution in [2.75, 3.05) is 23.4 Å². The van der Waals surface area contributed by atoms with Crippen LogP contribution in [0.2, 0.25) is 0 Å². The van der Waals surface area contributed by atoms with Gasteiger partial charge in [0.15, 0.2) is 0 Å². The van der Waals surface area contributed by atoms with Crippen LogP contribution in [-0.2, 0) is 19.6 Å². The lowest BCUT2D eigenvalue weighted by Gasteiger charge is -2.12. The van der Waals surface area contributed by atoms with Crippen LogP contribution in [0.5, 0.6) is 0 Å². The average Bonchev–Trinajstić information content (AvgIpc) is 2.74. The number of benzene rings is 2. The summed E-state index contributed by atoms with van der Waals surface area (Å²) in [6.07, 6.45) is 5.57. The second-order valence-corrected chi connectivity index (χ2v) is 8.55. The van der Waals surface area contributed by atoms with Crippen molar-refractivity contribution in [1.82, 2.24) is 9.97 Å². The van der Waals surface area contributed by atoms with E-state index in [1.54, 1.807) is 18.2 Å². The number of sulfonamides is 1. The fourth-order valence-electron chi connectivity index (χ4n) is 2.77. The third-order valence-electron chi connectivity index (χ3n) is 4.27. The highest BCUT2D eigenvalue weighted by Gasteiger charge is 2.08. The quantitative estimate of drug-likeness (QED) is 0.427. The van der Waals surface area contributed by atoms with Gasteiger partial charge in [-0.05, 0) is 42.3 Å². The number of methoxy groups -OCH3 is 1. The number of hydrogen-bond acceptors (Lipinski definition) is 7. The number of rotatable bonds is 7. The molecule has 0 bridgehead atoms. The van der Waals surface area contributed by atoms with Crippen LogP contribution < -0.4 is 10.0 Å². The van der Waals surface area contributed by atoms with Crippen molar-refractivity contribution < 1.29 is 17.9 Å². The Hall–Kier alpha value is -3.72. The number of esters is 1. The van der Waals surface area contributed by atoms with Gasteiger partial charge in [-0.25, -0.2) is 23.2 Å². The van der Waals surface area contributed by atoms with E-state index in [1.165, 1.54) is 19.5 Å². The van der Waals surface area contributed by atoms with Crippen LogP contribution in [0.1, 0.15) is 11.1 Å². The van der Waals surface area contributed by atoms with E-state index >= 15 is 0 Å². The summed E-state index contributed by atoms with van der Waals surface area (Å²) < 4.78 is 30.3. The molecule has 0 atom stereocenters. The van der Waals surface area contributed by atoms with Crippen LogP contribution in [0.15, 0.2) is 60.9 Å². The van der Waals surface area contributed by atoms with Crippen LogP contribution in [0.25, 0.3) is 17.3 Å². The number of anilines is 3. The normalized spacial score (nSPS) is 11.3. The van der Waals surface area contributed by atoms with Crippen molar-refractivity contribution in [3.8, 4) is 11.3 Å². The third-order valence-corrected chi connectivity index (χ3v) is 4.86. The zero-order valence-corrected chi connectivity index (χ0v) is 18.1. The lowest BCUT2D eigenvalue weighted by Crippen LogP contribution is -2.10. The molecule has 3 aromatic rings. The number of carbonyl (C=O) groups is 1. The first-order valence-corrected chi connectivity index (χ1v) is 11.2. The molecule has 0 fully saturated rings. The zero-order chi connectivity index (χ0) is 22.4. The molecule has 2 N–H and O–H groups in total. The molecule has 0 spiro atoms. The Kier molecular flexibility index (Phi) is 6.66. The first-order chi connectivity index (χ1) is 14.7. The summed E-state index contributed by atoms with van der Waals surface area (Å²) >= 11 is 0. The van der Waals surface area contributed by atoms with E-state index in [0.29, 0.717) is 22.9 Å². The summed E-state index contributed by atoms with van der Waals surface area (Å²) in [7, 11) is -2.06. The van der Waals surface area contributed by atoms with Crippen molar-refractivity contribution in [2.45, 2.75) is 6.92 Å². The topological polar surface area (TPSA) is 110 Å². The molecule has 31 heavy (non-hydrogen) atoms. The van der Waals surface area contributed by atoms with E-state index < -0.39 is 16.0 Å². The highest BCUT2D eigenvalue weighted by Crippen LogP contribution is 2.25. The number of hydrogen-bond donors (Lipinski definition) is 2. The van der Waals surface area contributed by atoms with E-state index in [1.807, 2.05) is 43.3 Å². The fraction of sp³-hybridized carbons (Fsp3) is 0.136. The summed E-state index contributed by atoms with van der Waals surface area (Å²) in [5, 5.41) is 3.17. The summed E-state index contributed by atoms with van der Waals surface area (Å²) in [5.41, 5.74) is 4.33. The molecule has 1 heterocycles. The molecule has 3 rings (SSSR count). The van der Waals surface area contributed by atoms with Crippen LogP contribution >= 0.6 is 0 Å². The van der Waals surface area contributed by atoms with Crippen LogP contribution in [0.3, 0.4) is 0 Å². The van der Waals surface area contributed by atoms with E-state index in [0.717, 1.165) is 22.9 Å². The summed E-state index contributed by atoms with van der Waals surface area (Å²) in [5.74, 6) is 0.122. The van der Waals surface area contributed by atoms with Gasteiger partial charge in [-0.3, -0.25) is 4.72 Å². The van der Waals surface area contributed by atoms with Gasteiger partial charge >= 0.3 is 5.97 Å². The van der Waals surface area contributed by atoms with Crippen molar-refractivity contribution in [1.29, 1.82) is 0 Å². The van der Waals surface area contributed by atoms with Gasteiger partial charge in [0.2, 0.25) is 10.0 Å². The van der Waals surface area contributed by atoms with Gasteiger partial charge in [0, 0.05) is 23.4 Å². The number of aromatic nitrogens is 2. The molecular formula is C22H22N4O4S. The number of carbonyl (C=O) groups excluding carboxylic acids is 1. The maximum atomic E-state index is 11.6. The third kappa shape index (κ3) is 6.38. The maximum absolute atomic E-state index is 11.6. The van der Waals surface area contributed by atoms with Crippen molar-refractivity contribution in [3.05, 3.63) is 72.1 Å². The Bertz CT molecular complexity index is 1240. The van der Waals surface area contributed by atoms with Crippen molar-refractivity contribution in [3.63, 3.8) is 0 Å². The molecule has 160 valence electrons. The van der Waals surface area contributed by atoms with E-state index in [-0.39, 0.29) is 0 Å². The molecule has 0 aliphatic rings.